The first-order valence-electron chi connectivity index (χ1n) is 7.17. The predicted octanol–water partition coefficient (Wildman–Crippen LogP) is 3.76. The van der Waals surface area contributed by atoms with Gasteiger partial charge in [-0.05, 0) is 25.3 Å². The summed E-state index contributed by atoms with van der Waals surface area (Å²) < 4.78 is 0. The van der Waals surface area contributed by atoms with Crippen LogP contribution in [0.4, 0.5) is 0 Å². The number of thioether (sulfide) groups is 1. The van der Waals surface area contributed by atoms with Gasteiger partial charge in [0.05, 0.1) is 0 Å². The van der Waals surface area contributed by atoms with Gasteiger partial charge in [0.2, 0.25) is 0 Å². The number of nitrogens with zero attached hydrogens (tertiary/aromatic N) is 1. The smallest absolute Gasteiger partial charge is 0.0136 e. The standard InChI is InChI=1S/C16H25NS/c1-3-5-16(17-8-10-18-11-9-17)13-15-7-4-6-14(2)12-15/h4,6-7,12,16H,3,5,8-11,13H2,1-2H3. The van der Waals surface area contributed by atoms with Crippen LogP contribution in [-0.4, -0.2) is 35.5 Å². The molecule has 1 aliphatic rings. The van der Waals surface area contributed by atoms with Gasteiger partial charge < -0.3 is 0 Å². The summed E-state index contributed by atoms with van der Waals surface area (Å²) in [6.07, 6.45) is 3.85. The third-order valence-corrected chi connectivity index (χ3v) is 4.68. The van der Waals surface area contributed by atoms with E-state index in [4.69, 9.17) is 0 Å². The van der Waals surface area contributed by atoms with Gasteiger partial charge in [-0.25, -0.2) is 0 Å². The summed E-state index contributed by atoms with van der Waals surface area (Å²) in [6, 6.07) is 9.77. The lowest BCUT2D eigenvalue weighted by Crippen LogP contribution is -2.42. The van der Waals surface area contributed by atoms with Crippen molar-refractivity contribution >= 4 is 11.8 Å². The third-order valence-electron chi connectivity index (χ3n) is 3.74. The highest BCUT2D eigenvalue weighted by molar-refractivity contribution is 7.99. The summed E-state index contributed by atoms with van der Waals surface area (Å²) in [4.78, 5) is 2.71. The van der Waals surface area contributed by atoms with Crippen molar-refractivity contribution in [1.29, 1.82) is 0 Å². The third kappa shape index (κ3) is 4.03. The first-order valence-corrected chi connectivity index (χ1v) is 8.32. The lowest BCUT2D eigenvalue weighted by atomic mass is 9.99. The van der Waals surface area contributed by atoms with Crippen molar-refractivity contribution < 1.29 is 0 Å². The SMILES string of the molecule is CCCC(Cc1cccc(C)c1)N1CCSCC1. The molecule has 0 radical (unpaired) electrons. The van der Waals surface area contributed by atoms with E-state index in [1.807, 2.05) is 0 Å². The largest absolute Gasteiger partial charge is 0.298 e. The molecule has 1 aliphatic heterocycles. The van der Waals surface area contributed by atoms with Crippen molar-refractivity contribution in [3.8, 4) is 0 Å². The maximum Gasteiger partial charge on any atom is 0.0136 e. The number of aryl methyl sites for hydroxylation is 1. The summed E-state index contributed by atoms with van der Waals surface area (Å²) in [5.74, 6) is 2.63. The molecule has 1 saturated heterocycles. The van der Waals surface area contributed by atoms with Crippen molar-refractivity contribution in [2.75, 3.05) is 24.6 Å². The van der Waals surface area contributed by atoms with E-state index in [0.717, 1.165) is 6.04 Å². The lowest BCUT2D eigenvalue weighted by Gasteiger charge is -2.34. The predicted molar refractivity (Wildman–Crippen MR) is 82.5 cm³/mol. The Hall–Kier alpha value is -0.470. The van der Waals surface area contributed by atoms with Gasteiger partial charge in [-0.15, -0.1) is 0 Å². The van der Waals surface area contributed by atoms with Gasteiger partial charge in [-0.1, -0.05) is 43.2 Å². The average Bonchev–Trinajstić information content (AvgIpc) is 2.39. The molecule has 0 aromatic heterocycles. The minimum atomic E-state index is 0.748. The van der Waals surface area contributed by atoms with Crippen molar-refractivity contribution in [1.82, 2.24) is 4.90 Å². The highest BCUT2D eigenvalue weighted by atomic mass is 32.2. The highest BCUT2D eigenvalue weighted by Crippen LogP contribution is 2.19. The highest BCUT2D eigenvalue weighted by Gasteiger charge is 2.20. The van der Waals surface area contributed by atoms with Crippen LogP contribution in [0.3, 0.4) is 0 Å². The Labute approximate surface area is 116 Å². The van der Waals surface area contributed by atoms with Gasteiger partial charge in [0.1, 0.15) is 0 Å². The fourth-order valence-corrected chi connectivity index (χ4v) is 3.73. The molecule has 1 atom stereocenters. The van der Waals surface area contributed by atoms with Crippen LogP contribution in [0.2, 0.25) is 0 Å². The van der Waals surface area contributed by atoms with Gasteiger partial charge in [0.25, 0.3) is 0 Å². The number of hydrogen-bond acceptors (Lipinski definition) is 2. The second-order valence-electron chi connectivity index (χ2n) is 5.28. The molecule has 0 saturated carbocycles. The van der Waals surface area contributed by atoms with Crippen LogP contribution in [-0.2, 0) is 6.42 Å². The van der Waals surface area contributed by atoms with Crippen molar-refractivity contribution in [3.63, 3.8) is 0 Å². The van der Waals surface area contributed by atoms with Gasteiger partial charge in [0, 0.05) is 30.6 Å². The molecule has 0 bridgehead atoms. The molecule has 0 spiro atoms. The van der Waals surface area contributed by atoms with Crippen LogP contribution in [0.25, 0.3) is 0 Å². The van der Waals surface area contributed by atoms with E-state index < -0.39 is 0 Å². The van der Waals surface area contributed by atoms with Crippen LogP contribution < -0.4 is 0 Å². The monoisotopic (exact) mass is 263 g/mol. The summed E-state index contributed by atoms with van der Waals surface area (Å²) in [7, 11) is 0. The van der Waals surface area contributed by atoms with E-state index >= 15 is 0 Å². The first kappa shape index (κ1) is 14.0. The van der Waals surface area contributed by atoms with Gasteiger partial charge in [-0.2, -0.15) is 11.8 Å². The molecule has 18 heavy (non-hydrogen) atoms. The van der Waals surface area contributed by atoms with E-state index in [2.05, 4.69) is 54.8 Å². The summed E-state index contributed by atoms with van der Waals surface area (Å²) in [6.45, 7) is 7.06. The van der Waals surface area contributed by atoms with E-state index in [9.17, 15) is 0 Å². The number of hydrogen-bond donors (Lipinski definition) is 0. The van der Waals surface area contributed by atoms with Gasteiger partial charge in [-0.3, -0.25) is 4.90 Å². The lowest BCUT2D eigenvalue weighted by molar-refractivity contribution is 0.203. The zero-order valence-corrected chi connectivity index (χ0v) is 12.5. The molecular weight excluding hydrogens is 238 g/mol. The van der Waals surface area contributed by atoms with E-state index in [0.29, 0.717) is 0 Å². The maximum atomic E-state index is 2.71. The summed E-state index contributed by atoms with van der Waals surface area (Å²) >= 11 is 2.10. The molecule has 100 valence electrons. The molecule has 1 nitrogen and oxygen atoms in total. The van der Waals surface area contributed by atoms with E-state index in [1.54, 1.807) is 0 Å². The normalized spacial score (nSPS) is 18.8. The maximum absolute atomic E-state index is 2.71. The molecule has 1 fully saturated rings. The van der Waals surface area contributed by atoms with Crippen LogP contribution >= 0.6 is 11.8 Å². The van der Waals surface area contributed by atoms with Gasteiger partial charge in [0.15, 0.2) is 0 Å². The molecule has 2 rings (SSSR count). The Balaban J connectivity index is 2.00. The van der Waals surface area contributed by atoms with Crippen LogP contribution in [0.15, 0.2) is 24.3 Å². The van der Waals surface area contributed by atoms with Crippen LogP contribution in [0.5, 0.6) is 0 Å². The second kappa shape index (κ2) is 7.20. The minimum absolute atomic E-state index is 0.748. The molecule has 2 heteroatoms. The van der Waals surface area contributed by atoms with Crippen molar-refractivity contribution in [3.05, 3.63) is 35.4 Å². The number of benzene rings is 1. The van der Waals surface area contributed by atoms with Crippen LogP contribution in [0.1, 0.15) is 30.9 Å². The molecule has 0 aliphatic carbocycles. The topological polar surface area (TPSA) is 3.24 Å². The van der Waals surface area contributed by atoms with E-state index in [1.165, 1.54) is 55.0 Å². The quantitative estimate of drug-likeness (QED) is 0.796. The fourth-order valence-electron chi connectivity index (χ4n) is 2.80. The summed E-state index contributed by atoms with van der Waals surface area (Å²) in [5.41, 5.74) is 2.89. The Morgan fingerprint density at radius 2 is 2.06 bits per heavy atom. The van der Waals surface area contributed by atoms with Crippen LogP contribution in [0, 0.1) is 6.92 Å². The molecule has 1 aromatic rings. The molecule has 1 heterocycles. The molecule has 1 unspecified atom stereocenters. The zero-order chi connectivity index (χ0) is 12.8. The molecular formula is C16H25NS. The minimum Gasteiger partial charge on any atom is -0.298 e. The van der Waals surface area contributed by atoms with Crippen molar-refractivity contribution in [2.45, 2.75) is 39.2 Å². The molecule has 0 N–H and O–H groups in total. The average molecular weight is 263 g/mol. The van der Waals surface area contributed by atoms with Crippen molar-refractivity contribution in [2.24, 2.45) is 0 Å². The fraction of sp³-hybridized carbons (Fsp3) is 0.625. The summed E-state index contributed by atoms with van der Waals surface area (Å²) in [5, 5.41) is 0. The Bertz CT molecular complexity index is 358. The Morgan fingerprint density at radius 3 is 2.72 bits per heavy atom. The van der Waals surface area contributed by atoms with Gasteiger partial charge >= 0.3 is 0 Å². The molecule has 1 aromatic carbocycles. The van der Waals surface area contributed by atoms with E-state index in [-0.39, 0.29) is 0 Å². The Morgan fingerprint density at radius 1 is 1.28 bits per heavy atom. The first-order chi connectivity index (χ1) is 8.79. The molecule has 0 amide bonds. The number of rotatable bonds is 5. The Kier molecular flexibility index (Phi) is 5.58. The zero-order valence-electron chi connectivity index (χ0n) is 11.7. The second-order valence-corrected chi connectivity index (χ2v) is 6.51.